The third-order valence-electron chi connectivity index (χ3n) is 1.54. The maximum absolute atomic E-state index is 12.7. The lowest BCUT2D eigenvalue weighted by molar-refractivity contribution is 0.145. The SMILES string of the molecule is NCc1cc(F)c(N)nc1C(F)F. The second kappa shape index (κ2) is 3.61. The van der Waals surface area contributed by atoms with Crippen LogP contribution < -0.4 is 11.5 Å². The van der Waals surface area contributed by atoms with Gasteiger partial charge in [0.05, 0.1) is 0 Å². The summed E-state index contributed by atoms with van der Waals surface area (Å²) in [4.78, 5) is 3.22. The van der Waals surface area contributed by atoms with Crippen LogP contribution >= 0.6 is 0 Å². The summed E-state index contributed by atoms with van der Waals surface area (Å²) < 4.78 is 37.2. The smallest absolute Gasteiger partial charge is 0.280 e. The van der Waals surface area contributed by atoms with Crippen LogP contribution in [0, 0.1) is 5.82 Å². The molecular formula is C7H8F3N3. The Morgan fingerprint density at radius 2 is 2.08 bits per heavy atom. The first kappa shape index (κ1) is 9.79. The molecule has 0 aliphatic heterocycles. The number of hydrogen-bond acceptors (Lipinski definition) is 3. The molecule has 0 atom stereocenters. The molecule has 0 aliphatic carbocycles. The van der Waals surface area contributed by atoms with E-state index in [0.717, 1.165) is 6.07 Å². The van der Waals surface area contributed by atoms with Gasteiger partial charge in [-0.25, -0.2) is 18.2 Å². The minimum Gasteiger partial charge on any atom is -0.381 e. The summed E-state index contributed by atoms with van der Waals surface area (Å²) in [6.07, 6.45) is -2.79. The molecule has 0 bridgehead atoms. The summed E-state index contributed by atoms with van der Waals surface area (Å²) >= 11 is 0. The molecule has 1 heterocycles. The van der Waals surface area contributed by atoms with Gasteiger partial charge in [0.15, 0.2) is 11.6 Å². The highest BCUT2D eigenvalue weighted by Crippen LogP contribution is 2.23. The van der Waals surface area contributed by atoms with E-state index in [1.807, 2.05) is 0 Å². The Balaban J connectivity index is 3.25. The zero-order valence-corrected chi connectivity index (χ0v) is 6.60. The molecule has 72 valence electrons. The zero-order valence-electron chi connectivity index (χ0n) is 6.60. The summed E-state index contributed by atoms with van der Waals surface area (Å²) in [5, 5.41) is 0. The Labute approximate surface area is 72.6 Å². The van der Waals surface area contributed by atoms with Gasteiger partial charge in [-0.3, -0.25) is 0 Å². The van der Waals surface area contributed by atoms with Crippen LogP contribution in [0.25, 0.3) is 0 Å². The van der Waals surface area contributed by atoms with Crippen LogP contribution in [-0.2, 0) is 6.54 Å². The van der Waals surface area contributed by atoms with Gasteiger partial charge in [-0.2, -0.15) is 0 Å². The van der Waals surface area contributed by atoms with Gasteiger partial charge < -0.3 is 11.5 Å². The van der Waals surface area contributed by atoms with Gasteiger partial charge in [-0.15, -0.1) is 0 Å². The summed E-state index contributed by atoms with van der Waals surface area (Å²) in [6, 6.07) is 0.879. The summed E-state index contributed by atoms with van der Waals surface area (Å²) in [7, 11) is 0. The molecule has 1 aromatic rings. The summed E-state index contributed by atoms with van der Waals surface area (Å²) in [5.41, 5.74) is 9.57. The normalized spacial score (nSPS) is 10.8. The van der Waals surface area contributed by atoms with Crippen molar-refractivity contribution in [3.8, 4) is 0 Å². The molecule has 3 nitrogen and oxygen atoms in total. The van der Waals surface area contributed by atoms with E-state index in [2.05, 4.69) is 4.98 Å². The molecule has 13 heavy (non-hydrogen) atoms. The third kappa shape index (κ3) is 1.89. The highest BCUT2D eigenvalue weighted by atomic mass is 19.3. The van der Waals surface area contributed by atoms with Crippen LogP contribution in [0.5, 0.6) is 0 Å². The Kier molecular flexibility index (Phi) is 2.72. The monoisotopic (exact) mass is 191 g/mol. The second-order valence-corrected chi connectivity index (χ2v) is 2.40. The van der Waals surface area contributed by atoms with Gasteiger partial charge in [0.25, 0.3) is 6.43 Å². The van der Waals surface area contributed by atoms with Gasteiger partial charge in [-0.05, 0) is 11.6 Å². The van der Waals surface area contributed by atoms with Gasteiger partial charge in [0.1, 0.15) is 5.69 Å². The molecule has 0 amide bonds. The fraction of sp³-hybridized carbons (Fsp3) is 0.286. The summed E-state index contributed by atoms with van der Waals surface area (Å²) in [5.74, 6) is -1.36. The lowest BCUT2D eigenvalue weighted by atomic mass is 10.2. The third-order valence-corrected chi connectivity index (χ3v) is 1.54. The first-order valence-electron chi connectivity index (χ1n) is 3.49. The minimum absolute atomic E-state index is 0.0262. The molecule has 0 radical (unpaired) electrons. The number of alkyl halides is 2. The van der Waals surface area contributed by atoms with Crippen molar-refractivity contribution >= 4 is 5.82 Å². The molecule has 6 heteroatoms. The molecule has 1 rings (SSSR count). The first-order chi connectivity index (χ1) is 6.06. The number of rotatable bonds is 2. The van der Waals surface area contributed by atoms with Gasteiger partial charge in [0.2, 0.25) is 0 Å². The standard InChI is InChI=1S/C7H8F3N3/c8-4-1-3(2-11)5(6(9)10)13-7(4)12/h1,6H,2,11H2,(H2,12,13). The molecule has 0 spiro atoms. The van der Waals surface area contributed by atoms with Crippen molar-refractivity contribution in [3.05, 3.63) is 23.1 Å². The number of aromatic nitrogens is 1. The zero-order chi connectivity index (χ0) is 10.0. The molecule has 0 unspecified atom stereocenters. The number of nitrogens with two attached hydrogens (primary N) is 2. The maximum atomic E-state index is 12.7. The molecule has 0 fully saturated rings. The Bertz CT molecular complexity index is 314. The molecule has 4 N–H and O–H groups in total. The van der Waals surface area contributed by atoms with Crippen LogP contribution in [0.1, 0.15) is 17.7 Å². The van der Waals surface area contributed by atoms with E-state index in [1.165, 1.54) is 0 Å². The molecule has 1 aromatic heterocycles. The van der Waals surface area contributed by atoms with E-state index in [9.17, 15) is 13.2 Å². The predicted octanol–water partition coefficient (Wildman–Crippen LogP) is 1.20. The minimum atomic E-state index is -2.79. The van der Waals surface area contributed by atoms with E-state index in [-0.39, 0.29) is 12.1 Å². The fourth-order valence-corrected chi connectivity index (χ4v) is 0.908. The van der Waals surface area contributed by atoms with E-state index in [1.54, 1.807) is 0 Å². The molecular weight excluding hydrogens is 183 g/mol. The van der Waals surface area contributed by atoms with Crippen LogP contribution in [0.15, 0.2) is 6.07 Å². The highest BCUT2D eigenvalue weighted by Gasteiger charge is 2.16. The average molecular weight is 191 g/mol. The van der Waals surface area contributed by atoms with Crippen molar-refractivity contribution in [1.82, 2.24) is 4.98 Å². The van der Waals surface area contributed by atoms with Crippen LogP contribution in [0.2, 0.25) is 0 Å². The average Bonchev–Trinajstić information content (AvgIpc) is 2.08. The van der Waals surface area contributed by atoms with E-state index >= 15 is 0 Å². The summed E-state index contributed by atoms with van der Waals surface area (Å²) in [6.45, 7) is -0.191. The molecule has 0 aromatic carbocycles. The fourth-order valence-electron chi connectivity index (χ4n) is 0.908. The number of anilines is 1. The largest absolute Gasteiger partial charge is 0.381 e. The van der Waals surface area contributed by atoms with Crippen molar-refractivity contribution < 1.29 is 13.2 Å². The van der Waals surface area contributed by atoms with Crippen molar-refractivity contribution in [2.24, 2.45) is 5.73 Å². The Hall–Kier alpha value is -1.30. The quantitative estimate of drug-likeness (QED) is 0.738. The van der Waals surface area contributed by atoms with Gasteiger partial charge in [-0.1, -0.05) is 0 Å². The van der Waals surface area contributed by atoms with Crippen LogP contribution in [0.3, 0.4) is 0 Å². The van der Waals surface area contributed by atoms with Crippen molar-refractivity contribution in [2.45, 2.75) is 13.0 Å². The molecule has 0 saturated heterocycles. The number of hydrogen-bond donors (Lipinski definition) is 2. The van der Waals surface area contributed by atoms with Crippen molar-refractivity contribution in [1.29, 1.82) is 0 Å². The second-order valence-electron chi connectivity index (χ2n) is 2.40. The number of nitrogen functional groups attached to an aromatic ring is 1. The van der Waals surface area contributed by atoms with E-state index in [4.69, 9.17) is 11.5 Å². The lowest BCUT2D eigenvalue weighted by Gasteiger charge is -2.06. The van der Waals surface area contributed by atoms with Gasteiger partial charge in [0, 0.05) is 6.54 Å². The topological polar surface area (TPSA) is 64.9 Å². The van der Waals surface area contributed by atoms with E-state index in [0.29, 0.717) is 0 Å². The van der Waals surface area contributed by atoms with Crippen molar-refractivity contribution in [2.75, 3.05) is 5.73 Å². The van der Waals surface area contributed by atoms with Crippen LogP contribution in [-0.4, -0.2) is 4.98 Å². The predicted molar refractivity (Wildman–Crippen MR) is 41.5 cm³/mol. The van der Waals surface area contributed by atoms with Crippen molar-refractivity contribution in [3.63, 3.8) is 0 Å². The number of nitrogens with zero attached hydrogens (tertiary/aromatic N) is 1. The van der Waals surface area contributed by atoms with Crippen LogP contribution in [0.4, 0.5) is 19.0 Å². The lowest BCUT2D eigenvalue weighted by Crippen LogP contribution is -2.08. The maximum Gasteiger partial charge on any atom is 0.280 e. The Morgan fingerprint density at radius 3 is 2.54 bits per heavy atom. The number of pyridine rings is 1. The Morgan fingerprint density at radius 1 is 1.46 bits per heavy atom. The number of halogens is 3. The first-order valence-corrected chi connectivity index (χ1v) is 3.49. The molecule has 0 aliphatic rings. The highest BCUT2D eigenvalue weighted by molar-refractivity contribution is 5.36. The van der Waals surface area contributed by atoms with Gasteiger partial charge >= 0.3 is 0 Å². The molecule has 0 saturated carbocycles. The van der Waals surface area contributed by atoms with E-state index < -0.39 is 23.8 Å².